The lowest BCUT2D eigenvalue weighted by molar-refractivity contribution is 0.768. The van der Waals surface area contributed by atoms with Crippen molar-refractivity contribution < 1.29 is 0 Å². The first-order valence-corrected chi connectivity index (χ1v) is 8.42. The number of rotatable bonds is 5. The molecule has 1 N–H and O–H groups in total. The summed E-state index contributed by atoms with van der Waals surface area (Å²) >= 11 is 4.81. The molecule has 23 heavy (non-hydrogen) atoms. The molecule has 0 aliphatic rings. The Labute approximate surface area is 146 Å². The summed E-state index contributed by atoms with van der Waals surface area (Å²) in [5.74, 6) is 0.738. The molecular formula is C15H15BrN6S. The number of aromatic nitrogens is 5. The van der Waals surface area contributed by atoms with Crippen molar-refractivity contribution in [1.82, 2.24) is 23.7 Å². The van der Waals surface area contributed by atoms with Crippen LogP contribution in [0.3, 0.4) is 0 Å². The average molecular weight is 391 g/mol. The lowest BCUT2D eigenvalue weighted by Crippen LogP contribution is -2.03. The summed E-state index contributed by atoms with van der Waals surface area (Å²) < 4.78 is 8.78. The zero-order chi connectivity index (χ0) is 16.4. The van der Waals surface area contributed by atoms with Crippen LogP contribution in [-0.4, -0.2) is 23.7 Å². The van der Waals surface area contributed by atoms with E-state index in [1.165, 1.54) is 11.5 Å². The number of nitrogens with zero attached hydrogens (tertiary/aromatic N) is 5. The monoisotopic (exact) mass is 390 g/mol. The number of imidazole rings is 1. The van der Waals surface area contributed by atoms with E-state index >= 15 is 0 Å². The van der Waals surface area contributed by atoms with Gasteiger partial charge in [-0.25, -0.2) is 4.98 Å². The third-order valence-electron chi connectivity index (χ3n) is 3.16. The van der Waals surface area contributed by atoms with Gasteiger partial charge in [0.15, 0.2) is 5.82 Å². The number of anilines is 1. The molecule has 0 aliphatic heterocycles. The summed E-state index contributed by atoms with van der Waals surface area (Å²) in [5.41, 5.74) is 2.65. The third-order valence-corrected chi connectivity index (χ3v) is 4.74. The molecule has 3 heterocycles. The van der Waals surface area contributed by atoms with Crippen molar-refractivity contribution in [3.8, 4) is 11.3 Å². The fourth-order valence-corrected chi connectivity index (χ4v) is 3.28. The molecule has 118 valence electrons. The minimum Gasteiger partial charge on any atom is -0.342 e. The van der Waals surface area contributed by atoms with Crippen molar-refractivity contribution in [2.45, 2.75) is 6.92 Å². The van der Waals surface area contributed by atoms with E-state index in [1.54, 1.807) is 10.9 Å². The highest BCUT2D eigenvalue weighted by Crippen LogP contribution is 2.30. The van der Waals surface area contributed by atoms with Crippen LogP contribution in [0.1, 0.15) is 12.7 Å². The molecule has 6 nitrogen and oxygen atoms in total. The van der Waals surface area contributed by atoms with Gasteiger partial charge in [0, 0.05) is 25.0 Å². The largest absolute Gasteiger partial charge is 0.342 e. The number of hydrogen-bond donors (Lipinski definition) is 1. The molecular weight excluding hydrogens is 376 g/mol. The predicted octanol–water partition coefficient (Wildman–Crippen LogP) is 4.08. The van der Waals surface area contributed by atoms with Crippen LogP contribution in [0.5, 0.6) is 0 Å². The quantitative estimate of drug-likeness (QED) is 0.712. The fourth-order valence-electron chi connectivity index (χ4n) is 2.15. The summed E-state index contributed by atoms with van der Waals surface area (Å²) in [5, 5.41) is 8.37. The van der Waals surface area contributed by atoms with Crippen molar-refractivity contribution in [1.29, 1.82) is 0 Å². The first-order chi connectivity index (χ1) is 11.1. The van der Waals surface area contributed by atoms with Crippen LogP contribution >= 0.6 is 27.5 Å². The summed E-state index contributed by atoms with van der Waals surface area (Å²) in [4.78, 5) is 4.51. The molecule has 0 saturated carbocycles. The SMILES string of the molecule is C=C(Nc1sncc1Br)c1ncc(-c2cnn(C)c2)n1/C=C\C. The van der Waals surface area contributed by atoms with Crippen LogP contribution in [0.4, 0.5) is 5.00 Å². The van der Waals surface area contributed by atoms with E-state index < -0.39 is 0 Å². The van der Waals surface area contributed by atoms with E-state index in [2.05, 4.69) is 42.3 Å². The van der Waals surface area contributed by atoms with Crippen molar-refractivity contribution in [3.63, 3.8) is 0 Å². The van der Waals surface area contributed by atoms with Gasteiger partial charge in [0.05, 0.1) is 34.5 Å². The summed E-state index contributed by atoms with van der Waals surface area (Å²) in [7, 11) is 1.89. The van der Waals surface area contributed by atoms with E-state index in [9.17, 15) is 0 Å². The molecule has 0 atom stereocenters. The lowest BCUT2D eigenvalue weighted by atomic mass is 10.3. The Morgan fingerprint density at radius 3 is 2.83 bits per heavy atom. The maximum absolute atomic E-state index is 4.51. The normalized spacial score (nSPS) is 11.3. The van der Waals surface area contributed by atoms with Crippen molar-refractivity contribution in [3.05, 3.63) is 47.7 Å². The van der Waals surface area contributed by atoms with Gasteiger partial charge in [-0.1, -0.05) is 12.7 Å². The molecule has 0 fully saturated rings. The molecule has 8 heteroatoms. The standard InChI is InChI=1S/C15H15BrN6S/c1-4-5-22-13(11-6-18-21(3)9-11)8-17-14(22)10(2)20-15-12(16)7-19-23-15/h4-9,20H,2H2,1,3H3/b5-4-. The smallest absolute Gasteiger partial charge is 0.160 e. The zero-order valence-corrected chi connectivity index (χ0v) is 15.1. The van der Waals surface area contributed by atoms with Crippen molar-refractivity contribution in [2.24, 2.45) is 7.05 Å². The van der Waals surface area contributed by atoms with Crippen LogP contribution in [-0.2, 0) is 7.05 Å². The fraction of sp³-hybridized carbons (Fsp3) is 0.133. The van der Waals surface area contributed by atoms with E-state index in [0.717, 1.165) is 26.6 Å². The van der Waals surface area contributed by atoms with Crippen LogP contribution in [0, 0.1) is 0 Å². The molecule has 0 aromatic carbocycles. The molecule has 0 bridgehead atoms. The Morgan fingerprint density at radius 1 is 1.39 bits per heavy atom. The lowest BCUT2D eigenvalue weighted by Gasteiger charge is -2.10. The van der Waals surface area contributed by atoms with Crippen LogP contribution in [0.2, 0.25) is 0 Å². The number of allylic oxidation sites excluding steroid dienone is 1. The third kappa shape index (κ3) is 3.13. The molecule has 3 rings (SSSR count). The summed E-state index contributed by atoms with van der Waals surface area (Å²) in [6.07, 6.45) is 11.3. The van der Waals surface area contributed by atoms with Gasteiger partial charge in [-0.2, -0.15) is 9.47 Å². The van der Waals surface area contributed by atoms with Crippen molar-refractivity contribution >= 4 is 44.4 Å². The van der Waals surface area contributed by atoms with Gasteiger partial charge in [0.2, 0.25) is 0 Å². The second kappa shape index (κ2) is 6.51. The Kier molecular flexibility index (Phi) is 4.44. The average Bonchev–Trinajstić information content (AvgIpc) is 3.21. The maximum Gasteiger partial charge on any atom is 0.160 e. The number of nitrogens with one attached hydrogen (secondary N) is 1. The minimum atomic E-state index is 0.697. The van der Waals surface area contributed by atoms with Gasteiger partial charge >= 0.3 is 0 Å². The van der Waals surface area contributed by atoms with E-state index in [-0.39, 0.29) is 0 Å². The van der Waals surface area contributed by atoms with Crippen LogP contribution < -0.4 is 5.32 Å². The van der Waals surface area contributed by atoms with E-state index in [1.807, 2.05) is 49.4 Å². The Hall–Kier alpha value is -2.19. The highest BCUT2D eigenvalue weighted by Gasteiger charge is 2.15. The molecule has 0 amide bonds. The molecule has 0 saturated heterocycles. The summed E-state index contributed by atoms with van der Waals surface area (Å²) in [6, 6.07) is 0. The Balaban J connectivity index is 1.98. The predicted molar refractivity (Wildman–Crippen MR) is 97.9 cm³/mol. The molecule has 0 spiro atoms. The first-order valence-electron chi connectivity index (χ1n) is 6.85. The maximum atomic E-state index is 4.51. The number of hydrogen-bond acceptors (Lipinski definition) is 5. The van der Waals surface area contributed by atoms with Gasteiger partial charge < -0.3 is 5.32 Å². The van der Waals surface area contributed by atoms with Crippen LogP contribution in [0.25, 0.3) is 23.2 Å². The van der Waals surface area contributed by atoms with Gasteiger partial charge in [0.25, 0.3) is 0 Å². The second-order valence-electron chi connectivity index (χ2n) is 4.83. The summed E-state index contributed by atoms with van der Waals surface area (Å²) in [6.45, 7) is 6.07. The number of aryl methyl sites for hydroxylation is 1. The molecule has 3 aromatic heterocycles. The molecule has 0 unspecified atom stereocenters. The van der Waals surface area contributed by atoms with Gasteiger partial charge in [0.1, 0.15) is 5.00 Å². The minimum absolute atomic E-state index is 0.697. The second-order valence-corrected chi connectivity index (χ2v) is 6.48. The molecule has 3 aromatic rings. The van der Waals surface area contributed by atoms with Gasteiger partial charge in [-0.15, -0.1) is 0 Å². The van der Waals surface area contributed by atoms with E-state index in [0.29, 0.717) is 5.70 Å². The Bertz CT molecular complexity index is 872. The molecule has 0 aliphatic carbocycles. The van der Waals surface area contributed by atoms with Crippen molar-refractivity contribution in [2.75, 3.05) is 5.32 Å². The van der Waals surface area contributed by atoms with E-state index in [4.69, 9.17) is 0 Å². The van der Waals surface area contributed by atoms with Crippen LogP contribution in [0.15, 0.2) is 41.9 Å². The van der Waals surface area contributed by atoms with Gasteiger partial charge in [-0.3, -0.25) is 9.25 Å². The number of halogens is 1. The topological polar surface area (TPSA) is 60.6 Å². The molecule has 0 radical (unpaired) electrons. The zero-order valence-electron chi connectivity index (χ0n) is 12.7. The highest BCUT2D eigenvalue weighted by atomic mass is 79.9. The highest BCUT2D eigenvalue weighted by molar-refractivity contribution is 9.10. The Morgan fingerprint density at radius 2 is 2.22 bits per heavy atom. The van der Waals surface area contributed by atoms with Gasteiger partial charge in [-0.05, 0) is 34.4 Å². The first kappa shape index (κ1) is 15.7.